The summed E-state index contributed by atoms with van der Waals surface area (Å²) < 4.78 is 26.7. The summed E-state index contributed by atoms with van der Waals surface area (Å²) in [6.45, 7) is 4.59. The van der Waals surface area contributed by atoms with Gasteiger partial charge in [0.05, 0.1) is 10.7 Å². The maximum Gasteiger partial charge on any atom is 0.254 e. The van der Waals surface area contributed by atoms with Gasteiger partial charge in [-0.15, -0.1) is 11.3 Å². The molecule has 0 bridgehead atoms. The number of hydrogen-bond acceptors (Lipinski definition) is 5. The molecule has 0 radical (unpaired) electrons. The largest absolute Gasteiger partial charge is 0.328 e. The van der Waals surface area contributed by atoms with Crippen LogP contribution < -0.4 is 5.73 Å². The van der Waals surface area contributed by atoms with Gasteiger partial charge in [0.2, 0.25) is 0 Å². The SMILES string of the molecule is Cc1nc(C)c(S(=O)(=O)N2CCC(N)CC2)s1. The Labute approximate surface area is 106 Å². The van der Waals surface area contributed by atoms with Crippen LogP contribution in [0, 0.1) is 13.8 Å². The molecule has 2 rings (SSSR count). The Bertz CT molecular complexity index is 502. The molecule has 2 N–H and O–H groups in total. The van der Waals surface area contributed by atoms with Crippen LogP contribution in [0.25, 0.3) is 0 Å². The third-order valence-electron chi connectivity index (χ3n) is 2.93. The van der Waals surface area contributed by atoms with Crippen LogP contribution in [0.15, 0.2) is 4.21 Å². The second-order valence-electron chi connectivity index (χ2n) is 4.35. The van der Waals surface area contributed by atoms with Gasteiger partial charge in [0, 0.05) is 19.1 Å². The standard InChI is InChI=1S/C10H17N3O2S2/c1-7-10(16-8(2)12-7)17(14,15)13-5-3-9(11)4-6-13/h9H,3-6,11H2,1-2H3. The van der Waals surface area contributed by atoms with Crippen LogP contribution in [-0.2, 0) is 10.0 Å². The normalized spacial score (nSPS) is 19.7. The molecule has 7 heteroatoms. The second-order valence-corrected chi connectivity index (χ2v) is 7.68. The third-order valence-corrected chi connectivity index (χ3v) is 6.49. The van der Waals surface area contributed by atoms with Crippen LogP contribution in [0.5, 0.6) is 0 Å². The first kappa shape index (κ1) is 12.9. The average Bonchev–Trinajstić information content (AvgIpc) is 2.59. The average molecular weight is 275 g/mol. The molecule has 17 heavy (non-hydrogen) atoms. The highest BCUT2D eigenvalue weighted by atomic mass is 32.2. The van der Waals surface area contributed by atoms with E-state index in [2.05, 4.69) is 4.98 Å². The lowest BCUT2D eigenvalue weighted by Crippen LogP contribution is -2.42. The Morgan fingerprint density at radius 3 is 2.41 bits per heavy atom. The van der Waals surface area contributed by atoms with Gasteiger partial charge in [-0.05, 0) is 26.7 Å². The zero-order valence-electron chi connectivity index (χ0n) is 10.0. The first-order valence-electron chi connectivity index (χ1n) is 5.61. The Morgan fingerprint density at radius 2 is 1.94 bits per heavy atom. The van der Waals surface area contributed by atoms with Crippen molar-refractivity contribution in [3.63, 3.8) is 0 Å². The summed E-state index contributed by atoms with van der Waals surface area (Å²) in [6, 6.07) is 0.130. The van der Waals surface area contributed by atoms with E-state index in [9.17, 15) is 8.42 Å². The van der Waals surface area contributed by atoms with Crippen molar-refractivity contribution < 1.29 is 8.42 Å². The lowest BCUT2D eigenvalue weighted by atomic mass is 10.1. The van der Waals surface area contributed by atoms with E-state index in [4.69, 9.17) is 5.73 Å². The zero-order valence-corrected chi connectivity index (χ0v) is 11.6. The molecule has 1 aliphatic rings. The summed E-state index contributed by atoms with van der Waals surface area (Å²) >= 11 is 1.24. The third kappa shape index (κ3) is 2.52. The zero-order chi connectivity index (χ0) is 12.6. The van der Waals surface area contributed by atoms with Crippen molar-refractivity contribution in [1.29, 1.82) is 0 Å². The first-order chi connectivity index (χ1) is 7.91. The van der Waals surface area contributed by atoms with Crippen molar-refractivity contribution in [2.24, 2.45) is 5.73 Å². The molecule has 0 aromatic carbocycles. The first-order valence-corrected chi connectivity index (χ1v) is 7.86. The molecule has 1 saturated heterocycles. The number of rotatable bonds is 2. The van der Waals surface area contributed by atoms with Crippen LogP contribution in [-0.4, -0.2) is 36.8 Å². The van der Waals surface area contributed by atoms with Gasteiger partial charge in [0.25, 0.3) is 10.0 Å². The van der Waals surface area contributed by atoms with Crippen molar-refractivity contribution in [2.75, 3.05) is 13.1 Å². The lowest BCUT2D eigenvalue weighted by molar-refractivity contribution is 0.320. The number of aryl methyl sites for hydroxylation is 2. The number of thiazole rings is 1. The molecule has 96 valence electrons. The van der Waals surface area contributed by atoms with Gasteiger partial charge in [-0.25, -0.2) is 13.4 Å². The van der Waals surface area contributed by atoms with Crippen LogP contribution in [0.2, 0.25) is 0 Å². The summed E-state index contributed by atoms with van der Waals surface area (Å²) in [6.07, 6.45) is 1.46. The highest BCUT2D eigenvalue weighted by Gasteiger charge is 2.31. The van der Waals surface area contributed by atoms with Gasteiger partial charge >= 0.3 is 0 Å². The number of nitrogens with two attached hydrogens (primary N) is 1. The van der Waals surface area contributed by atoms with Crippen LogP contribution >= 0.6 is 11.3 Å². The van der Waals surface area contributed by atoms with Crippen LogP contribution in [0.4, 0.5) is 0 Å². The van der Waals surface area contributed by atoms with E-state index in [1.54, 1.807) is 6.92 Å². The van der Waals surface area contributed by atoms with Crippen molar-refractivity contribution in [3.8, 4) is 0 Å². The van der Waals surface area contributed by atoms with E-state index in [0.717, 1.165) is 17.8 Å². The van der Waals surface area contributed by atoms with Gasteiger partial charge in [-0.2, -0.15) is 4.31 Å². The summed E-state index contributed by atoms with van der Waals surface area (Å²) in [5, 5.41) is 0.787. The number of piperidine rings is 1. The quantitative estimate of drug-likeness (QED) is 0.869. The highest BCUT2D eigenvalue weighted by Crippen LogP contribution is 2.27. The molecule has 1 fully saturated rings. The second kappa shape index (κ2) is 4.64. The predicted octanol–water partition coefficient (Wildman–Crippen LogP) is 0.872. The van der Waals surface area contributed by atoms with Crippen molar-refractivity contribution in [1.82, 2.24) is 9.29 Å². The van der Waals surface area contributed by atoms with Crippen LogP contribution in [0.3, 0.4) is 0 Å². The molecule has 5 nitrogen and oxygen atoms in total. The lowest BCUT2D eigenvalue weighted by Gasteiger charge is -2.28. The molecule has 2 heterocycles. The molecule has 0 aliphatic carbocycles. The molecule has 0 saturated carbocycles. The minimum atomic E-state index is -3.36. The Morgan fingerprint density at radius 1 is 1.35 bits per heavy atom. The van der Waals surface area contributed by atoms with Crippen LogP contribution in [0.1, 0.15) is 23.5 Å². The van der Waals surface area contributed by atoms with Gasteiger partial charge in [0.15, 0.2) is 4.21 Å². The van der Waals surface area contributed by atoms with Gasteiger partial charge < -0.3 is 5.73 Å². The smallest absolute Gasteiger partial charge is 0.254 e. The minimum Gasteiger partial charge on any atom is -0.328 e. The van der Waals surface area contributed by atoms with Crippen molar-refractivity contribution in [2.45, 2.75) is 36.9 Å². The van der Waals surface area contributed by atoms with E-state index in [1.807, 2.05) is 6.92 Å². The summed E-state index contributed by atoms with van der Waals surface area (Å²) in [4.78, 5) is 4.18. The fourth-order valence-electron chi connectivity index (χ4n) is 1.99. The molecule has 1 aromatic rings. The molecule has 0 spiro atoms. The van der Waals surface area contributed by atoms with E-state index in [1.165, 1.54) is 15.6 Å². The summed E-state index contributed by atoms with van der Waals surface area (Å²) in [7, 11) is -3.36. The topological polar surface area (TPSA) is 76.3 Å². The monoisotopic (exact) mass is 275 g/mol. The van der Waals surface area contributed by atoms with E-state index in [-0.39, 0.29) is 6.04 Å². The van der Waals surface area contributed by atoms with Crippen molar-refractivity contribution >= 4 is 21.4 Å². The molecule has 1 aliphatic heterocycles. The molecular formula is C10H17N3O2S2. The molecule has 0 atom stereocenters. The minimum absolute atomic E-state index is 0.130. The van der Waals surface area contributed by atoms with Gasteiger partial charge in [-0.1, -0.05) is 0 Å². The maximum absolute atomic E-state index is 12.4. The summed E-state index contributed by atoms with van der Waals surface area (Å²) in [5.41, 5.74) is 6.38. The number of hydrogen-bond donors (Lipinski definition) is 1. The fourth-order valence-corrected chi connectivity index (χ4v) is 5.07. The van der Waals surface area contributed by atoms with E-state index in [0.29, 0.717) is 23.0 Å². The van der Waals surface area contributed by atoms with E-state index >= 15 is 0 Å². The Hall–Kier alpha value is -0.500. The number of sulfonamides is 1. The molecule has 1 aromatic heterocycles. The maximum atomic E-state index is 12.4. The fraction of sp³-hybridized carbons (Fsp3) is 0.700. The number of aromatic nitrogens is 1. The molecule has 0 unspecified atom stereocenters. The highest BCUT2D eigenvalue weighted by molar-refractivity contribution is 7.91. The summed E-state index contributed by atoms with van der Waals surface area (Å²) in [5.74, 6) is 0. The van der Waals surface area contributed by atoms with Crippen molar-refractivity contribution in [3.05, 3.63) is 10.7 Å². The predicted molar refractivity (Wildman–Crippen MR) is 67.6 cm³/mol. The van der Waals surface area contributed by atoms with Gasteiger partial charge in [0.1, 0.15) is 0 Å². The Kier molecular flexibility index (Phi) is 3.53. The van der Waals surface area contributed by atoms with E-state index < -0.39 is 10.0 Å². The van der Waals surface area contributed by atoms with Gasteiger partial charge in [-0.3, -0.25) is 0 Å². The molecular weight excluding hydrogens is 258 g/mol. The number of nitrogens with zero attached hydrogens (tertiary/aromatic N) is 2. The molecule has 0 amide bonds. The Balaban J connectivity index is 2.28.